The van der Waals surface area contributed by atoms with Gasteiger partial charge in [0.15, 0.2) is 0 Å². The van der Waals surface area contributed by atoms with Crippen molar-refractivity contribution in [2.75, 3.05) is 6.54 Å². The Kier molecular flexibility index (Phi) is 4.60. The number of carbonyl (C=O) groups is 2. The van der Waals surface area contributed by atoms with Gasteiger partial charge in [-0.05, 0) is 37.5 Å². The predicted molar refractivity (Wildman–Crippen MR) is 72.3 cm³/mol. The molecule has 1 aromatic carbocycles. The Bertz CT molecular complexity index is 535. The van der Waals surface area contributed by atoms with Gasteiger partial charge in [-0.15, -0.1) is 0 Å². The second-order valence-corrected chi connectivity index (χ2v) is 5.28. The number of carbonyl (C=O) groups excluding carboxylic acids is 1. The first-order chi connectivity index (χ1) is 9.49. The molecule has 20 heavy (non-hydrogen) atoms. The van der Waals surface area contributed by atoms with Gasteiger partial charge in [0.05, 0.1) is 11.4 Å². The smallest absolute Gasteiger partial charge is 0.305 e. The lowest BCUT2D eigenvalue weighted by Crippen LogP contribution is -2.44. The number of likely N-dealkylation sites (tertiary alicyclic amines) is 1. The molecule has 0 unspecified atom stereocenters. The van der Waals surface area contributed by atoms with Crippen LogP contribution in [-0.2, 0) is 4.79 Å². The Hall–Kier alpha value is -1.62. The van der Waals surface area contributed by atoms with Crippen molar-refractivity contribution in [3.8, 4) is 0 Å². The molecule has 2 rings (SSSR count). The lowest BCUT2D eigenvalue weighted by molar-refractivity contribution is -0.138. The fourth-order valence-electron chi connectivity index (χ4n) is 2.48. The van der Waals surface area contributed by atoms with Crippen LogP contribution < -0.4 is 0 Å². The van der Waals surface area contributed by atoms with Gasteiger partial charge in [0, 0.05) is 18.2 Å². The van der Waals surface area contributed by atoms with E-state index < -0.39 is 11.8 Å². The normalized spacial score (nSPS) is 18.9. The van der Waals surface area contributed by atoms with Gasteiger partial charge in [0.25, 0.3) is 5.91 Å². The average molecular weight is 300 g/mol. The zero-order chi connectivity index (χ0) is 14.7. The van der Waals surface area contributed by atoms with E-state index in [2.05, 4.69) is 0 Å². The van der Waals surface area contributed by atoms with Crippen molar-refractivity contribution in [3.05, 3.63) is 34.6 Å². The van der Waals surface area contributed by atoms with Crippen LogP contribution in [0.2, 0.25) is 5.02 Å². The minimum Gasteiger partial charge on any atom is -0.481 e. The van der Waals surface area contributed by atoms with E-state index in [1.807, 2.05) is 0 Å². The molecule has 1 heterocycles. The fraction of sp³-hybridized carbons (Fsp3) is 0.429. The van der Waals surface area contributed by atoms with E-state index in [1.54, 1.807) is 0 Å². The largest absolute Gasteiger partial charge is 0.481 e. The Morgan fingerprint density at radius 2 is 2.15 bits per heavy atom. The quantitative estimate of drug-likeness (QED) is 0.933. The number of carboxylic acids is 1. The van der Waals surface area contributed by atoms with Crippen molar-refractivity contribution in [2.24, 2.45) is 0 Å². The summed E-state index contributed by atoms with van der Waals surface area (Å²) >= 11 is 5.59. The number of nitrogens with zero attached hydrogens (tertiary/aromatic N) is 1. The minimum atomic E-state index is -0.933. The summed E-state index contributed by atoms with van der Waals surface area (Å²) in [6, 6.07) is 3.56. The summed E-state index contributed by atoms with van der Waals surface area (Å²) < 4.78 is 13.4. The summed E-state index contributed by atoms with van der Waals surface area (Å²) in [6.07, 6.45) is 2.31. The van der Waals surface area contributed by atoms with Crippen LogP contribution in [0.15, 0.2) is 18.2 Å². The number of hydrogen-bond acceptors (Lipinski definition) is 2. The molecule has 1 fully saturated rings. The van der Waals surface area contributed by atoms with Gasteiger partial charge in [-0.1, -0.05) is 11.6 Å². The Morgan fingerprint density at radius 3 is 2.80 bits per heavy atom. The van der Waals surface area contributed by atoms with Crippen molar-refractivity contribution in [2.45, 2.75) is 31.7 Å². The number of amides is 1. The van der Waals surface area contributed by atoms with Crippen LogP contribution in [0.25, 0.3) is 0 Å². The summed E-state index contributed by atoms with van der Waals surface area (Å²) in [5.74, 6) is -1.92. The van der Waals surface area contributed by atoms with Crippen molar-refractivity contribution in [1.82, 2.24) is 4.90 Å². The second-order valence-electron chi connectivity index (χ2n) is 4.87. The average Bonchev–Trinajstić information content (AvgIpc) is 2.41. The zero-order valence-electron chi connectivity index (χ0n) is 10.8. The molecule has 0 bridgehead atoms. The molecule has 0 spiro atoms. The van der Waals surface area contributed by atoms with Crippen LogP contribution in [0.4, 0.5) is 4.39 Å². The fourth-order valence-corrected chi connectivity index (χ4v) is 2.59. The first-order valence-corrected chi connectivity index (χ1v) is 6.84. The highest BCUT2D eigenvalue weighted by Gasteiger charge is 2.29. The van der Waals surface area contributed by atoms with Gasteiger partial charge >= 0.3 is 5.97 Å². The topological polar surface area (TPSA) is 57.6 Å². The molecule has 1 aromatic rings. The number of hydrogen-bond donors (Lipinski definition) is 1. The van der Waals surface area contributed by atoms with Gasteiger partial charge in [-0.3, -0.25) is 9.59 Å². The summed E-state index contributed by atoms with van der Waals surface area (Å²) in [4.78, 5) is 24.8. The summed E-state index contributed by atoms with van der Waals surface area (Å²) in [7, 11) is 0. The standard InChI is InChI=1S/C14H15ClFNO3/c15-11-5-4-9(7-12(11)16)14(20)17-6-2-1-3-10(17)8-13(18)19/h4-5,7,10H,1-3,6,8H2,(H,18,19)/t10-/m1/s1. The Morgan fingerprint density at radius 1 is 1.40 bits per heavy atom. The van der Waals surface area contributed by atoms with Crippen LogP contribution in [0.5, 0.6) is 0 Å². The number of benzene rings is 1. The number of carboxylic acid groups (broad SMARTS) is 1. The van der Waals surface area contributed by atoms with E-state index in [9.17, 15) is 14.0 Å². The van der Waals surface area contributed by atoms with Crippen LogP contribution in [0.3, 0.4) is 0 Å². The molecule has 6 heteroatoms. The Labute approximate surface area is 121 Å². The first-order valence-electron chi connectivity index (χ1n) is 6.47. The van der Waals surface area contributed by atoms with Crippen molar-refractivity contribution in [3.63, 3.8) is 0 Å². The maximum Gasteiger partial charge on any atom is 0.305 e. The molecule has 1 saturated heterocycles. The van der Waals surface area contributed by atoms with Crippen molar-refractivity contribution >= 4 is 23.5 Å². The molecule has 0 saturated carbocycles. The number of piperidine rings is 1. The van der Waals surface area contributed by atoms with E-state index in [1.165, 1.54) is 17.0 Å². The molecule has 1 aliphatic heterocycles. The van der Waals surface area contributed by atoms with Gasteiger partial charge in [0.2, 0.25) is 0 Å². The summed E-state index contributed by atoms with van der Waals surface area (Å²) in [5.41, 5.74) is 0.198. The van der Waals surface area contributed by atoms with Gasteiger partial charge in [-0.25, -0.2) is 4.39 Å². The van der Waals surface area contributed by atoms with E-state index in [0.717, 1.165) is 18.9 Å². The summed E-state index contributed by atoms with van der Waals surface area (Å²) in [5, 5.41) is 8.86. The molecular weight excluding hydrogens is 285 g/mol. The van der Waals surface area contributed by atoms with E-state index in [4.69, 9.17) is 16.7 Å². The molecule has 0 radical (unpaired) electrons. The molecule has 108 valence electrons. The van der Waals surface area contributed by atoms with E-state index in [-0.39, 0.29) is 29.0 Å². The third kappa shape index (κ3) is 3.28. The SMILES string of the molecule is O=C(O)C[C@H]1CCCCN1C(=O)c1ccc(Cl)c(F)c1. The lowest BCUT2D eigenvalue weighted by Gasteiger charge is -2.35. The molecule has 0 aliphatic carbocycles. The lowest BCUT2D eigenvalue weighted by atomic mass is 9.98. The molecule has 4 nitrogen and oxygen atoms in total. The molecule has 0 aromatic heterocycles. The van der Waals surface area contributed by atoms with Gasteiger partial charge in [0.1, 0.15) is 5.82 Å². The number of halogens is 2. The molecule has 1 amide bonds. The van der Waals surface area contributed by atoms with Crippen molar-refractivity contribution < 1.29 is 19.1 Å². The van der Waals surface area contributed by atoms with E-state index in [0.29, 0.717) is 13.0 Å². The van der Waals surface area contributed by atoms with Crippen LogP contribution >= 0.6 is 11.6 Å². The third-order valence-corrected chi connectivity index (χ3v) is 3.77. The molecular formula is C14H15ClFNO3. The molecule has 1 aliphatic rings. The minimum absolute atomic E-state index is 0.0396. The summed E-state index contributed by atoms with van der Waals surface area (Å²) in [6.45, 7) is 0.501. The van der Waals surface area contributed by atoms with Crippen LogP contribution in [-0.4, -0.2) is 34.5 Å². The van der Waals surface area contributed by atoms with Crippen LogP contribution in [0.1, 0.15) is 36.0 Å². The zero-order valence-corrected chi connectivity index (χ0v) is 11.6. The monoisotopic (exact) mass is 299 g/mol. The highest BCUT2D eigenvalue weighted by molar-refractivity contribution is 6.30. The second kappa shape index (κ2) is 6.22. The third-order valence-electron chi connectivity index (χ3n) is 3.46. The van der Waals surface area contributed by atoms with Gasteiger partial charge in [-0.2, -0.15) is 0 Å². The molecule has 1 atom stereocenters. The van der Waals surface area contributed by atoms with E-state index >= 15 is 0 Å². The van der Waals surface area contributed by atoms with Crippen molar-refractivity contribution in [1.29, 1.82) is 0 Å². The molecule has 1 N–H and O–H groups in total. The number of aliphatic carboxylic acids is 1. The van der Waals surface area contributed by atoms with Gasteiger partial charge < -0.3 is 10.0 Å². The highest BCUT2D eigenvalue weighted by Crippen LogP contribution is 2.23. The Balaban J connectivity index is 2.20. The maximum atomic E-state index is 13.4. The first kappa shape index (κ1) is 14.8. The predicted octanol–water partition coefficient (Wildman–Crippen LogP) is 2.95. The number of rotatable bonds is 3. The highest BCUT2D eigenvalue weighted by atomic mass is 35.5. The maximum absolute atomic E-state index is 13.4. The van der Waals surface area contributed by atoms with Crippen LogP contribution in [0, 0.1) is 5.82 Å².